The first-order valence-electron chi connectivity index (χ1n) is 8.47. The van der Waals surface area contributed by atoms with E-state index in [0.29, 0.717) is 0 Å². The highest BCUT2D eigenvalue weighted by atomic mass is 16.5. The third kappa shape index (κ3) is 4.92. The van der Waals surface area contributed by atoms with Crippen LogP contribution in [0, 0.1) is 0 Å². The van der Waals surface area contributed by atoms with Crippen molar-refractivity contribution in [3.63, 3.8) is 0 Å². The number of nitrogens with zero attached hydrogens (tertiary/aromatic N) is 1. The van der Waals surface area contributed by atoms with Gasteiger partial charge in [-0.05, 0) is 43.5 Å². The summed E-state index contributed by atoms with van der Waals surface area (Å²) in [4.78, 5) is 2.49. The highest BCUT2D eigenvalue weighted by molar-refractivity contribution is 5.60. The Morgan fingerprint density at radius 2 is 1.90 bits per heavy atom. The maximum atomic E-state index is 5.64. The van der Waals surface area contributed by atoms with Crippen molar-refractivity contribution in [2.45, 2.75) is 52.0 Å². The van der Waals surface area contributed by atoms with Crippen LogP contribution in [0.15, 0.2) is 18.2 Å². The summed E-state index contributed by atoms with van der Waals surface area (Å²) in [5.74, 6) is 1.02. The Labute approximate surface area is 129 Å². The van der Waals surface area contributed by atoms with E-state index in [4.69, 9.17) is 4.74 Å². The predicted octanol–water partition coefficient (Wildman–Crippen LogP) is 3.97. The van der Waals surface area contributed by atoms with Gasteiger partial charge in [0.05, 0.1) is 12.8 Å². The standard InChI is InChI=1S/C18H30N2O/c1-3-4-11-19-15-16-9-10-17(18(14-16)21-2)20-12-7-5-6-8-13-20/h9-10,14,19H,3-8,11-13,15H2,1-2H3. The lowest BCUT2D eigenvalue weighted by Crippen LogP contribution is -2.24. The zero-order valence-corrected chi connectivity index (χ0v) is 13.7. The molecule has 3 heteroatoms. The van der Waals surface area contributed by atoms with Gasteiger partial charge in [-0.2, -0.15) is 0 Å². The van der Waals surface area contributed by atoms with E-state index in [-0.39, 0.29) is 0 Å². The molecule has 2 rings (SSSR count). The topological polar surface area (TPSA) is 24.5 Å². The van der Waals surface area contributed by atoms with Crippen LogP contribution in [0.25, 0.3) is 0 Å². The lowest BCUT2D eigenvalue weighted by Gasteiger charge is -2.25. The third-order valence-electron chi connectivity index (χ3n) is 4.23. The Kier molecular flexibility index (Phi) is 6.87. The molecular weight excluding hydrogens is 260 g/mol. The van der Waals surface area contributed by atoms with Gasteiger partial charge in [-0.15, -0.1) is 0 Å². The van der Waals surface area contributed by atoms with E-state index in [1.165, 1.54) is 49.8 Å². The third-order valence-corrected chi connectivity index (χ3v) is 4.23. The minimum absolute atomic E-state index is 0.927. The van der Waals surface area contributed by atoms with Gasteiger partial charge in [0.2, 0.25) is 0 Å². The molecule has 0 unspecified atom stereocenters. The van der Waals surface area contributed by atoms with Crippen LogP contribution in [-0.4, -0.2) is 26.7 Å². The van der Waals surface area contributed by atoms with Crippen molar-refractivity contribution in [3.8, 4) is 5.75 Å². The van der Waals surface area contributed by atoms with Crippen molar-refractivity contribution < 1.29 is 4.74 Å². The van der Waals surface area contributed by atoms with Gasteiger partial charge in [0.1, 0.15) is 5.75 Å². The van der Waals surface area contributed by atoms with Gasteiger partial charge >= 0.3 is 0 Å². The quantitative estimate of drug-likeness (QED) is 0.769. The van der Waals surface area contributed by atoms with Gasteiger partial charge < -0.3 is 15.0 Å². The SMILES string of the molecule is CCCCNCc1ccc(N2CCCCCC2)c(OC)c1. The fraction of sp³-hybridized carbons (Fsp3) is 0.667. The second kappa shape index (κ2) is 8.93. The molecule has 0 amide bonds. The van der Waals surface area contributed by atoms with Crippen molar-refractivity contribution in [1.82, 2.24) is 5.32 Å². The molecule has 1 fully saturated rings. The van der Waals surface area contributed by atoms with Crippen molar-refractivity contribution in [1.29, 1.82) is 0 Å². The summed E-state index contributed by atoms with van der Waals surface area (Å²) in [6.07, 6.45) is 7.79. The molecule has 21 heavy (non-hydrogen) atoms. The molecule has 118 valence electrons. The number of nitrogens with one attached hydrogen (secondary N) is 1. The van der Waals surface area contributed by atoms with Gasteiger partial charge in [0.15, 0.2) is 0 Å². The Balaban J connectivity index is 2.01. The van der Waals surface area contributed by atoms with Gasteiger partial charge in [-0.3, -0.25) is 0 Å². The number of ether oxygens (including phenoxy) is 1. The Bertz CT molecular complexity index is 412. The molecule has 0 aromatic heterocycles. The van der Waals surface area contributed by atoms with Crippen LogP contribution in [-0.2, 0) is 6.54 Å². The van der Waals surface area contributed by atoms with E-state index in [1.807, 2.05) is 0 Å². The summed E-state index contributed by atoms with van der Waals surface area (Å²) in [6.45, 7) is 6.55. The molecule has 1 aliphatic heterocycles. The summed E-state index contributed by atoms with van der Waals surface area (Å²) in [7, 11) is 1.78. The first kappa shape index (κ1) is 16.2. The van der Waals surface area contributed by atoms with Crippen molar-refractivity contribution >= 4 is 5.69 Å². The Morgan fingerprint density at radius 3 is 2.57 bits per heavy atom. The first-order chi connectivity index (χ1) is 10.3. The van der Waals surface area contributed by atoms with Gasteiger partial charge in [0.25, 0.3) is 0 Å². The fourth-order valence-corrected chi connectivity index (χ4v) is 2.94. The summed E-state index contributed by atoms with van der Waals surface area (Å²) >= 11 is 0. The molecule has 1 aliphatic rings. The minimum Gasteiger partial charge on any atom is -0.495 e. The van der Waals surface area contributed by atoms with Crippen LogP contribution in [0.3, 0.4) is 0 Å². The van der Waals surface area contributed by atoms with Crippen LogP contribution in [0.4, 0.5) is 5.69 Å². The highest BCUT2D eigenvalue weighted by Gasteiger charge is 2.14. The molecule has 0 atom stereocenters. The van der Waals surface area contributed by atoms with Gasteiger partial charge in [-0.25, -0.2) is 0 Å². The Hall–Kier alpha value is -1.22. The number of methoxy groups -OCH3 is 1. The Morgan fingerprint density at radius 1 is 1.14 bits per heavy atom. The predicted molar refractivity (Wildman–Crippen MR) is 90.3 cm³/mol. The zero-order valence-electron chi connectivity index (χ0n) is 13.7. The first-order valence-corrected chi connectivity index (χ1v) is 8.47. The van der Waals surface area contributed by atoms with E-state index in [1.54, 1.807) is 7.11 Å². The monoisotopic (exact) mass is 290 g/mol. The molecule has 0 aliphatic carbocycles. The van der Waals surface area contributed by atoms with Crippen LogP contribution in [0.1, 0.15) is 51.0 Å². The van der Waals surface area contributed by atoms with E-state index in [9.17, 15) is 0 Å². The van der Waals surface area contributed by atoms with Crippen LogP contribution in [0.2, 0.25) is 0 Å². The number of unbranched alkanes of at least 4 members (excludes halogenated alkanes) is 1. The van der Waals surface area contributed by atoms with Crippen LogP contribution in [0.5, 0.6) is 5.75 Å². The molecule has 0 radical (unpaired) electrons. The van der Waals surface area contributed by atoms with E-state index < -0.39 is 0 Å². The van der Waals surface area contributed by atoms with Crippen molar-refractivity contribution in [2.75, 3.05) is 31.6 Å². The molecule has 1 N–H and O–H groups in total. The van der Waals surface area contributed by atoms with Gasteiger partial charge in [-0.1, -0.05) is 32.3 Å². The molecule has 1 saturated heterocycles. The van der Waals surface area contributed by atoms with Crippen LogP contribution >= 0.6 is 0 Å². The van der Waals surface area contributed by atoms with E-state index >= 15 is 0 Å². The molecule has 0 bridgehead atoms. The second-order valence-electron chi connectivity index (χ2n) is 5.94. The molecule has 1 aromatic carbocycles. The fourth-order valence-electron chi connectivity index (χ4n) is 2.94. The number of hydrogen-bond donors (Lipinski definition) is 1. The lowest BCUT2D eigenvalue weighted by molar-refractivity contribution is 0.413. The number of rotatable bonds is 7. The molecule has 1 aromatic rings. The molecule has 1 heterocycles. The molecule has 0 spiro atoms. The number of anilines is 1. The number of benzene rings is 1. The minimum atomic E-state index is 0.927. The van der Waals surface area contributed by atoms with E-state index in [0.717, 1.165) is 31.9 Å². The largest absolute Gasteiger partial charge is 0.495 e. The summed E-state index contributed by atoms with van der Waals surface area (Å²) in [5, 5.41) is 3.49. The maximum Gasteiger partial charge on any atom is 0.142 e. The summed E-state index contributed by atoms with van der Waals surface area (Å²) < 4.78 is 5.64. The lowest BCUT2D eigenvalue weighted by atomic mass is 10.1. The molecule has 3 nitrogen and oxygen atoms in total. The van der Waals surface area contributed by atoms with E-state index in [2.05, 4.69) is 35.3 Å². The zero-order chi connectivity index (χ0) is 14.9. The van der Waals surface area contributed by atoms with Crippen molar-refractivity contribution in [2.24, 2.45) is 0 Å². The highest BCUT2D eigenvalue weighted by Crippen LogP contribution is 2.31. The molecule has 0 saturated carbocycles. The molecular formula is C18H30N2O. The second-order valence-corrected chi connectivity index (χ2v) is 5.94. The van der Waals surface area contributed by atoms with Crippen LogP contribution < -0.4 is 15.0 Å². The summed E-state index contributed by atoms with van der Waals surface area (Å²) in [5.41, 5.74) is 2.57. The van der Waals surface area contributed by atoms with Gasteiger partial charge in [0, 0.05) is 19.6 Å². The maximum absolute atomic E-state index is 5.64. The normalized spacial score (nSPS) is 15.8. The average Bonchev–Trinajstić information content (AvgIpc) is 2.80. The van der Waals surface area contributed by atoms with Crippen molar-refractivity contribution in [3.05, 3.63) is 23.8 Å². The smallest absolute Gasteiger partial charge is 0.142 e. The average molecular weight is 290 g/mol. The summed E-state index contributed by atoms with van der Waals surface area (Å²) in [6, 6.07) is 6.67. The number of hydrogen-bond acceptors (Lipinski definition) is 3.